The molecular weight excluding hydrogens is 899 g/mol. The first-order valence-corrected chi connectivity index (χ1v) is 21.9. The molecule has 23 heteroatoms. The Morgan fingerprint density at radius 3 is 2.10 bits per heavy atom. The number of ether oxygens (including phenoxy) is 5. The third-order valence-electron chi connectivity index (χ3n) is 11.1. The largest absolute Gasteiger partial charge is 0.382 e. The molecule has 4 heterocycles. The first-order chi connectivity index (χ1) is 32.8. The number of aromatic amines is 1. The molecule has 0 radical (unpaired) electrons. The van der Waals surface area contributed by atoms with Crippen LogP contribution in [0, 0.1) is 11.6 Å². The van der Waals surface area contributed by atoms with Crippen molar-refractivity contribution >= 4 is 63.8 Å². The molecule has 3 aliphatic rings. The van der Waals surface area contributed by atoms with Crippen LogP contribution >= 0.6 is 0 Å². The number of halogens is 2. The topological polar surface area (TPSA) is 269 Å². The summed E-state index contributed by atoms with van der Waals surface area (Å²) in [5, 5.41) is 21.4. The van der Waals surface area contributed by atoms with Gasteiger partial charge in [-0.25, -0.2) is 13.8 Å². The van der Waals surface area contributed by atoms with E-state index in [-0.39, 0.29) is 74.6 Å². The highest BCUT2D eigenvalue weighted by Crippen LogP contribution is 2.33. The van der Waals surface area contributed by atoms with Crippen LogP contribution in [0.4, 0.5) is 20.2 Å². The van der Waals surface area contributed by atoms with Crippen LogP contribution in [0.2, 0.25) is 0 Å². The maximum atomic E-state index is 13.5. The average Bonchev–Trinajstić information content (AvgIpc) is 3.96. The Morgan fingerprint density at radius 1 is 0.794 bits per heavy atom. The molecule has 7 amide bonds. The van der Waals surface area contributed by atoms with Gasteiger partial charge in [-0.2, -0.15) is 0 Å². The molecule has 3 aromatic carbocycles. The maximum Gasteiger partial charge on any atom is 0.287 e. The molecule has 362 valence electrons. The summed E-state index contributed by atoms with van der Waals surface area (Å²) in [7, 11) is 0. The van der Waals surface area contributed by atoms with E-state index >= 15 is 0 Å². The molecule has 1 aromatic heterocycles. The fraction of sp³-hybridized carbons (Fsp3) is 0.422. The molecule has 4 aromatic rings. The van der Waals surface area contributed by atoms with E-state index in [1.54, 1.807) is 30.3 Å². The quantitative estimate of drug-likeness (QED) is 0.0307. The zero-order valence-electron chi connectivity index (χ0n) is 36.7. The van der Waals surface area contributed by atoms with Gasteiger partial charge in [-0.05, 0) is 54.4 Å². The van der Waals surface area contributed by atoms with Crippen LogP contribution in [0.15, 0.2) is 54.6 Å². The maximum absolute atomic E-state index is 13.5. The fourth-order valence-corrected chi connectivity index (χ4v) is 7.70. The predicted octanol–water partition coefficient (Wildman–Crippen LogP) is 0.951. The van der Waals surface area contributed by atoms with E-state index in [4.69, 9.17) is 23.7 Å². The van der Waals surface area contributed by atoms with Crippen molar-refractivity contribution in [1.29, 1.82) is 0 Å². The van der Waals surface area contributed by atoms with Gasteiger partial charge in [-0.15, -0.1) is 0 Å². The molecule has 68 heavy (non-hydrogen) atoms. The van der Waals surface area contributed by atoms with E-state index in [2.05, 4.69) is 31.2 Å². The molecule has 2 saturated heterocycles. The Hall–Kier alpha value is -6.76. The van der Waals surface area contributed by atoms with Crippen LogP contribution in [0.1, 0.15) is 56.2 Å². The first-order valence-electron chi connectivity index (χ1n) is 21.9. The molecule has 0 saturated carbocycles. The normalized spacial score (nSPS) is 18.1. The Balaban J connectivity index is 0.683. The number of H-pyrrole nitrogens is 1. The van der Waals surface area contributed by atoms with E-state index in [1.807, 2.05) is 0 Å². The van der Waals surface area contributed by atoms with Gasteiger partial charge >= 0.3 is 0 Å². The minimum atomic E-state index is -2.39. The van der Waals surface area contributed by atoms with Crippen LogP contribution in [-0.2, 0) is 49.4 Å². The van der Waals surface area contributed by atoms with Crippen molar-refractivity contribution in [3.05, 3.63) is 88.7 Å². The number of carbonyl (C=O) groups is 7. The van der Waals surface area contributed by atoms with E-state index in [1.165, 1.54) is 11.0 Å². The van der Waals surface area contributed by atoms with Crippen molar-refractivity contribution in [2.24, 2.45) is 0 Å². The van der Waals surface area contributed by atoms with E-state index in [0.717, 1.165) is 17.0 Å². The number of benzene rings is 3. The highest BCUT2D eigenvalue weighted by Gasteiger charge is 2.52. The number of imide groups is 2. The summed E-state index contributed by atoms with van der Waals surface area (Å²) >= 11 is 0. The Bertz CT molecular complexity index is 2520. The van der Waals surface area contributed by atoms with Crippen molar-refractivity contribution in [2.75, 3.05) is 95.9 Å². The van der Waals surface area contributed by atoms with Gasteiger partial charge in [0.25, 0.3) is 29.5 Å². The van der Waals surface area contributed by atoms with Gasteiger partial charge in [0, 0.05) is 56.5 Å². The number of rotatable bonds is 25. The van der Waals surface area contributed by atoms with E-state index < -0.39 is 64.6 Å². The van der Waals surface area contributed by atoms with Crippen LogP contribution in [-0.4, -0.2) is 159 Å². The van der Waals surface area contributed by atoms with Gasteiger partial charge in [0.2, 0.25) is 17.4 Å². The van der Waals surface area contributed by atoms with Gasteiger partial charge in [-0.3, -0.25) is 43.8 Å². The van der Waals surface area contributed by atoms with Crippen LogP contribution in [0.5, 0.6) is 0 Å². The van der Waals surface area contributed by atoms with Crippen LogP contribution in [0.25, 0.3) is 11.0 Å². The van der Waals surface area contributed by atoms with Crippen molar-refractivity contribution in [1.82, 2.24) is 30.8 Å². The van der Waals surface area contributed by atoms with Gasteiger partial charge in [0.1, 0.15) is 17.7 Å². The van der Waals surface area contributed by atoms with Crippen LogP contribution in [0.3, 0.4) is 0 Å². The second-order valence-electron chi connectivity index (χ2n) is 15.7. The van der Waals surface area contributed by atoms with Crippen molar-refractivity contribution < 1.29 is 71.1 Å². The average molecular weight is 949 g/mol. The number of amides is 7. The number of anilines is 2. The lowest BCUT2D eigenvalue weighted by molar-refractivity contribution is -0.149. The molecule has 0 bridgehead atoms. The zero-order valence-corrected chi connectivity index (χ0v) is 36.7. The molecule has 2 unspecified atom stereocenters. The SMILES string of the molecule is O=C1CCC(N2C(=O)c3cccc(NCCOCCOCCOCCOCCOCCNC(=O)c4nc5ccc(N6CCC(O)(C(=O)NCc7cc(F)cc(F)c7)C6=O)cc5[nH]4)c3C2=O)C(=O)N1. The zero-order chi connectivity index (χ0) is 48.2. The lowest BCUT2D eigenvalue weighted by Crippen LogP contribution is -2.54. The van der Waals surface area contributed by atoms with Crippen molar-refractivity contribution in [2.45, 2.75) is 37.5 Å². The number of hydrogen-bond acceptors (Lipinski definition) is 15. The summed E-state index contributed by atoms with van der Waals surface area (Å²) in [6, 6.07) is 11.3. The van der Waals surface area contributed by atoms with E-state index in [0.29, 0.717) is 87.9 Å². The van der Waals surface area contributed by atoms with Gasteiger partial charge in [0.15, 0.2) is 5.82 Å². The highest BCUT2D eigenvalue weighted by molar-refractivity contribution is 6.25. The number of imidazole rings is 1. The standard InChI is InChI=1S/C45H50F2N8O13/c46-28-22-27(23-29(47)24-28)26-50-43(61)45(63)8-11-54(44(45)62)30-4-5-32-34(25-30)52-38(51-32)40(58)49-10-13-65-15-17-67-19-21-68-20-18-66-16-14-64-12-9-48-33-3-1-2-31-37(33)42(60)55(41(31)59)35-6-7-36(56)53-39(35)57/h1-5,22-25,35,48,63H,6-21,26H2,(H,49,58)(H,50,61)(H,51,52)(H,53,56,57). The van der Waals surface area contributed by atoms with Crippen molar-refractivity contribution in [3.63, 3.8) is 0 Å². The fourth-order valence-electron chi connectivity index (χ4n) is 7.70. The van der Waals surface area contributed by atoms with Gasteiger partial charge in [-0.1, -0.05) is 6.07 Å². The minimum absolute atomic E-state index is 0.0112. The number of aromatic nitrogens is 2. The summed E-state index contributed by atoms with van der Waals surface area (Å²) < 4.78 is 54.7. The summed E-state index contributed by atoms with van der Waals surface area (Å²) in [6.45, 7) is 3.40. The lowest BCUT2D eigenvalue weighted by atomic mass is 10.0. The summed E-state index contributed by atoms with van der Waals surface area (Å²) in [5.74, 6) is -6.25. The Morgan fingerprint density at radius 2 is 1.44 bits per heavy atom. The number of nitrogens with zero attached hydrogens (tertiary/aromatic N) is 3. The lowest BCUT2D eigenvalue weighted by Gasteiger charge is -2.27. The first kappa shape index (κ1) is 49.2. The van der Waals surface area contributed by atoms with Gasteiger partial charge in [0.05, 0.1) is 88.2 Å². The number of nitrogens with one attached hydrogen (secondary N) is 5. The van der Waals surface area contributed by atoms with E-state index in [9.17, 15) is 47.4 Å². The minimum Gasteiger partial charge on any atom is -0.382 e. The number of piperidine rings is 1. The molecule has 2 atom stereocenters. The summed E-state index contributed by atoms with van der Waals surface area (Å²) in [5.41, 5.74) is -0.218. The molecule has 0 aliphatic carbocycles. The number of hydrogen-bond donors (Lipinski definition) is 6. The predicted molar refractivity (Wildman–Crippen MR) is 234 cm³/mol. The van der Waals surface area contributed by atoms with Gasteiger partial charge < -0.3 is 54.6 Å². The third kappa shape index (κ3) is 11.8. The molecule has 7 rings (SSSR count). The monoisotopic (exact) mass is 948 g/mol. The third-order valence-corrected chi connectivity index (χ3v) is 11.1. The summed E-state index contributed by atoms with van der Waals surface area (Å²) in [4.78, 5) is 98.2. The van der Waals surface area contributed by atoms with Crippen molar-refractivity contribution in [3.8, 4) is 0 Å². The second kappa shape index (κ2) is 22.8. The number of carbonyl (C=O) groups excluding carboxylic acids is 7. The second-order valence-corrected chi connectivity index (χ2v) is 15.7. The highest BCUT2D eigenvalue weighted by atomic mass is 19.1. The smallest absolute Gasteiger partial charge is 0.287 e. The molecule has 6 N–H and O–H groups in total. The molecule has 21 nitrogen and oxygen atoms in total. The molecule has 2 fully saturated rings. The molecular formula is C45H50F2N8O13. The molecule has 0 spiro atoms. The Labute approximate surface area is 387 Å². The Kier molecular flexibility index (Phi) is 16.5. The molecule has 3 aliphatic heterocycles. The summed E-state index contributed by atoms with van der Waals surface area (Å²) in [6.07, 6.45) is -0.0995. The number of fused-ring (bicyclic) bond motifs is 2. The number of aliphatic hydroxyl groups is 1. The van der Waals surface area contributed by atoms with Crippen LogP contribution < -0.4 is 26.2 Å².